The SMILES string of the molecule is CC(Cc1cc[c]cc1)C(=O)NCCCO. The van der Waals surface area contributed by atoms with Crippen LogP contribution in [0.3, 0.4) is 0 Å². The van der Waals surface area contributed by atoms with E-state index in [2.05, 4.69) is 11.4 Å². The molecule has 1 aromatic rings. The molecule has 0 spiro atoms. The van der Waals surface area contributed by atoms with Gasteiger partial charge in [-0.25, -0.2) is 0 Å². The first-order chi connectivity index (χ1) is 7.74. The summed E-state index contributed by atoms with van der Waals surface area (Å²) in [5, 5.41) is 11.4. The van der Waals surface area contributed by atoms with Crippen molar-refractivity contribution in [1.29, 1.82) is 0 Å². The third kappa shape index (κ3) is 4.45. The Morgan fingerprint density at radius 3 is 2.81 bits per heavy atom. The van der Waals surface area contributed by atoms with Crippen molar-refractivity contribution < 1.29 is 9.90 Å². The minimum atomic E-state index is -0.0407. The Hall–Kier alpha value is -1.35. The molecule has 0 aliphatic carbocycles. The number of carbonyl (C=O) groups excluding carboxylic acids is 1. The molecular formula is C13H18NO2. The van der Waals surface area contributed by atoms with Crippen molar-refractivity contribution in [2.75, 3.05) is 13.2 Å². The predicted molar refractivity (Wildman–Crippen MR) is 62.9 cm³/mol. The van der Waals surface area contributed by atoms with E-state index < -0.39 is 0 Å². The summed E-state index contributed by atoms with van der Waals surface area (Å²) in [6.07, 6.45) is 1.35. The summed E-state index contributed by atoms with van der Waals surface area (Å²) in [6.45, 7) is 2.57. The number of hydrogen-bond acceptors (Lipinski definition) is 2. The van der Waals surface area contributed by atoms with Crippen LogP contribution in [-0.4, -0.2) is 24.2 Å². The van der Waals surface area contributed by atoms with E-state index in [0.717, 1.165) is 12.0 Å². The molecule has 1 amide bonds. The monoisotopic (exact) mass is 220 g/mol. The summed E-state index contributed by atoms with van der Waals surface area (Å²) < 4.78 is 0. The van der Waals surface area contributed by atoms with Crippen molar-refractivity contribution >= 4 is 5.91 Å². The van der Waals surface area contributed by atoms with Crippen LogP contribution in [0.2, 0.25) is 0 Å². The Morgan fingerprint density at radius 2 is 2.19 bits per heavy atom. The highest BCUT2D eigenvalue weighted by Crippen LogP contribution is 2.07. The maximum atomic E-state index is 11.6. The van der Waals surface area contributed by atoms with Gasteiger partial charge in [-0.3, -0.25) is 4.79 Å². The van der Waals surface area contributed by atoms with Crippen molar-refractivity contribution in [2.45, 2.75) is 19.8 Å². The molecular weight excluding hydrogens is 202 g/mol. The van der Waals surface area contributed by atoms with E-state index in [4.69, 9.17) is 5.11 Å². The fourth-order valence-corrected chi connectivity index (χ4v) is 1.47. The molecule has 0 fully saturated rings. The lowest BCUT2D eigenvalue weighted by Gasteiger charge is -2.11. The fourth-order valence-electron chi connectivity index (χ4n) is 1.47. The number of carbonyl (C=O) groups is 1. The normalized spacial score (nSPS) is 12.1. The third-order valence-electron chi connectivity index (χ3n) is 2.41. The lowest BCUT2D eigenvalue weighted by Crippen LogP contribution is -2.31. The van der Waals surface area contributed by atoms with E-state index in [9.17, 15) is 4.79 Å². The van der Waals surface area contributed by atoms with Crippen LogP contribution in [0.5, 0.6) is 0 Å². The van der Waals surface area contributed by atoms with Gasteiger partial charge in [-0.2, -0.15) is 0 Å². The largest absolute Gasteiger partial charge is 0.396 e. The van der Waals surface area contributed by atoms with Gasteiger partial charge in [0.1, 0.15) is 0 Å². The number of benzene rings is 1. The second kappa shape index (κ2) is 7.01. The highest BCUT2D eigenvalue weighted by molar-refractivity contribution is 5.78. The molecule has 1 unspecified atom stereocenters. The number of hydrogen-bond donors (Lipinski definition) is 2. The topological polar surface area (TPSA) is 49.3 Å². The van der Waals surface area contributed by atoms with Crippen LogP contribution < -0.4 is 5.32 Å². The maximum Gasteiger partial charge on any atom is 0.223 e. The zero-order valence-corrected chi connectivity index (χ0v) is 9.57. The zero-order chi connectivity index (χ0) is 11.8. The summed E-state index contributed by atoms with van der Waals surface area (Å²) >= 11 is 0. The van der Waals surface area contributed by atoms with Gasteiger partial charge in [0, 0.05) is 19.1 Å². The average molecular weight is 220 g/mol. The molecule has 16 heavy (non-hydrogen) atoms. The van der Waals surface area contributed by atoms with Gasteiger partial charge < -0.3 is 10.4 Å². The van der Waals surface area contributed by atoms with Gasteiger partial charge >= 0.3 is 0 Å². The maximum absolute atomic E-state index is 11.6. The summed E-state index contributed by atoms with van der Waals surface area (Å²) in [5.74, 6) is 0.00220. The van der Waals surface area contributed by atoms with Crippen molar-refractivity contribution in [3.63, 3.8) is 0 Å². The van der Waals surface area contributed by atoms with Gasteiger partial charge in [0.15, 0.2) is 0 Å². The molecule has 0 bridgehead atoms. The van der Waals surface area contributed by atoms with Gasteiger partial charge in [0.25, 0.3) is 0 Å². The molecule has 1 aromatic carbocycles. The third-order valence-corrected chi connectivity index (χ3v) is 2.41. The van der Waals surface area contributed by atoms with E-state index in [1.807, 2.05) is 31.2 Å². The molecule has 3 nitrogen and oxygen atoms in total. The van der Waals surface area contributed by atoms with Crippen LogP contribution >= 0.6 is 0 Å². The van der Waals surface area contributed by atoms with Crippen LogP contribution in [0, 0.1) is 12.0 Å². The number of amides is 1. The zero-order valence-electron chi connectivity index (χ0n) is 9.57. The van der Waals surface area contributed by atoms with Crippen LogP contribution in [-0.2, 0) is 11.2 Å². The summed E-state index contributed by atoms with van der Waals surface area (Å²) in [7, 11) is 0. The number of aliphatic hydroxyl groups excluding tert-OH is 1. The molecule has 3 heteroatoms. The molecule has 1 radical (unpaired) electrons. The van der Waals surface area contributed by atoms with Crippen LogP contribution in [0.1, 0.15) is 18.9 Å². The van der Waals surface area contributed by atoms with Crippen LogP contribution in [0.15, 0.2) is 24.3 Å². The molecule has 0 aliphatic rings. The van der Waals surface area contributed by atoms with Gasteiger partial charge in [-0.1, -0.05) is 31.2 Å². The van der Waals surface area contributed by atoms with E-state index in [0.29, 0.717) is 13.0 Å². The Morgan fingerprint density at radius 1 is 1.50 bits per heavy atom. The molecule has 1 atom stereocenters. The highest BCUT2D eigenvalue weighted by Gasteiger charge is 2.12. The van der Waals surface area contributed by atoms with Gasteiger partial charge in [-0.15, -0.1) is 0 Å². The minimum Gasteiger partial charge on any atom is -0.396 e. The Kier molecular flexibility index (Phi) is 5.57. The van der Waals surface area contributed by atoms with Crippen molar-refractivity contribution in [2.24, 2.45) is 5.92 Å². The standard InChI is InChI=1S/C13H18NO2/c1-11(13(16)14-8-5-9-15)10-12-6-3-2-4-7-12/h3-4,6-7,11,15H,5,8-10H2,1H3,(H,14,16). The van der Waals surface area contributed by atoms with E-state index >= 15 is 0 Å². The molecule has 0 saturated heterocycles. The summed E-state index contributed by atoms with van der Waals surface area (Å²) in [6, 6.07) is 10.6. The Bertz CT molecular complexity index is 311. The first-order valence-corrected chi connectivity index (χ1v) is 5.57. The molecule has 0 saturated carbocycles. The van der Waals surface area contributed by atoms with E-state index in [1.54, 1.807) is 0 Å². The van der Waals surface area contributed by atoms with Crippen molar-refractivity contribution in [3.05, 3.63) is 35.9 Å². The molecule has 1 rings (SSSR count). The lowest BCUT2D eigenvalue weighted by atomic mass is 10.0. The highest BCUT2D eigenvalue weighted by atomic mass is 16.3. The second-order valence-corrected chi connectivity index (χ2v) is 3.88. The van der Waals surface area contributed by atoms with Gasteiger partial charge in [0.05, 0.1) is 0 Å². The molecule has 0 aliphatic heterocycles. The van der Waals surface area contributed by atoms with Gasteiger partial charge in [-0.05, 0) is 24.5 Å². The number of rotatable bonds is 6. The van der Waals surface area contributed by atoms with Crippen LogP contribution in [0.25, 0.3) is 0 Å². The summed E-state index contributed by atoms with van der Waals surface area (Å²) in [5.41, 5.74) is 1.14. The Balaban J connectivity index is 2.34. The molecule has 2 N–H and O–H groups in total. The van der Waals surface area contributed by atoms with E-state index in [1.165, 1.54) is 0 Å². The number of nitrogens with one attached hydrogen (secondary N) is 1. The predicted octanol–water partition coefficient (Wildman–Crippen LogP) is 1.16. The fraction of sp³-hybridized carbons (Fsp3) is 0.462. The average Bonchev–Trinajstić information content (AvgIpc) is 2.30. The first kappa shape index (κ1) is 12.7. The van der Waals surface area contributed by atoms with Crippen molar-refractivity contribution in [3.8, 4) is 0 Å². The summed E-state index contributed by atoms with van der Waals surface area (Å²) in [4.78, 5) is 11.6. The Labute approximate surface area is 96.5 Å². The van der Waals surface area contributed by atoms with Gasteiger partial charge in [0.2, 0.25) is 5.91 Å². The van der Waals surface area contributed by atoms with Crippen molar-refractivity contribution in [1.82, 2.24) is 5.32 Å². The smallest absolute Gasteiger partial charge is 0.223 e. The lowest BCUT2D eigenvalue weighted by molar-refractivity contribution is -0.124. The molecule has 0 aromatic heterocycles. The quantitative estimate of drug-likeness (QED) is 0.707. The van der Waals surface area contributed by atoms with Crippen LogP contribution in [0.4, 0.5) is 0 Å². The number of aliphatic hydroxyl groups is 1. The first-order valence-electron chi connectivity index (χ1n) is 5.57. The molecule has 0 heterocycles. The minimum absolute atomic E-state index is 0.0407. The molecule has 87 valence electrons. The second-order valence-electron chi connectivity index (χ2n) is 3.88. The van der Waals surface area contributed by atoms with E-state index in [-0.39, 0.29) is 18.4 Å².